The molecule has 6 rings (SSSR count). The standard InChI is InChI=1S/C33H32FN7O3.C2HF3O2/c1-2-40-21-36-17-26(40)18-41-30-15-24(33(42)43)7-8-29(30)38-31(41)19-39-12-9-23(10-13-39)27-4-3-11-37-32(27)44-20-25-6-5-22(16-35)14-28(25)34;3-2(4,5)1(6)7/h3-8,11,14-15,17,21,23H,2,9-10,12-13,18-20H2,1H3,(H,42,43);(H,6,7). The number of carboxylic acids is 2. The van der Waals surface area contributed by atoms with Gasteiger partial charge >= 0.3 is 18.1 Å². The van der Waals surface area contributed by atoms with Crippen LogP contribution in [-0.4, -0.2) is 70.4 Å². The van der Waals surface area contributed by atoms with Gasteiger partial charge in [0.1, 0.15) is 18.2 Å². The Hall–Kier alpha value is -5.82. The molecule has 1 fully saturated rings. The largest absolute Gasteiger partial charge is 0.490 e. The van der Waals surface area contributed by atoms with Gasteiger partial charge in [-0.05, 0) is 75.2 Å². The van der Waals surface area contributed by atoms with Gasteiger partial charge in [0.2, 0.25) is 5.88 Å². The maximum Gasteiger partial charge on any atom is 0.490 e. The van der Waals surface area contributed by atoms with E-state index in [-0.39, 0.29) is 23.7 Å². The first-order valence-corrected chi connectivity index (χ1v) is 15.9. The fourth-order valence-electron chi connectivity index (χ4n) is 5.85. The normalized spacial score (nSPS) is 13.7. The summed E-state index contributed by atoms with van der Waals surface area (Å²) < 4.78 is 56.3. The van der Waals surface area contributed by atoms with Gasteiger partial charge in [0.15, 0.2) is 0 Å². The molecule has 1 saturated heterocycles. The summed E-state index contributed by atoms with van der Waals surface area (Å²) >= 11 is 0. The molecule has 0 amide bonds. The molecule has 1 aliphatic rings. The molecule has 0 saturated carbocycles. The van der Waals surface area contributed by atoms with Crippen molar-refractivity contribution in [2.75, 3.05) is 13.1 Å². The molecule has 4 heterocycles. The molecule has 16 heteroatoms. The van der Waals surface area contributed by atoms with Crippen LogP contribution in [0.3, 0.4) is 0 Å². The first-order valence-electron chi connectivity index (χ1n) is 15.9. The second-order valence-electron chi connectivity index (χ2n) is 11.8. The number of carbonyl (C=O) groups is 2. The average molecular weight is 708 g/mol. The zero-order chi connectivity index (χ0) is 36.7. The fourth-order valence-corrected chi connectivity index (χ4v) is 5.85. The molecule has 12 nitrogen and oxygen atoms in total. The van der Waals surface area contributed by atoms with E-state index in [4.69, 9.17) is 24.9 Å². The monoisotopic (exact) mass is 707 g/mol. The lowest BCUT2D eigenvalue weighted by Crippen LogP contribution is -2.33. The molecule has 0 bridgehead atoms. The van der Waals surface area contributed by atoms with E-state index in [1.165, 1.54) is 6.07 Å². The number of aliphatic carboxylic acids is 1. The van der Waals surface area contributed by atoms with Crippen molar-refractivity contribution in [1.29, 1.82) is 5.26 Å². The van der Waals surface area contributed by atoms with Crippen molar-refractivity contribution in [3.63, 3.8) is 0 Å². The first kappa shape index (κ1) is 36.5. The van der Waals surface area contributed by atoms with E-state index >= 15 is 0 Å². The quantitative estimate of drug-likeness (QED) is 0.165. The number of likely N-dealkylation sites (tertiary alicyclic amines) is 1. The van der Waals surface area contributed by atoms with Gasteiger partial charge in [0, 0.05) is 30.1 Å². The lowest BCUT2D eigenvalue weighted by Gasteiger charge is -2.32. The van der Waals surface area contributed by atoms with Gasteiger partial charge in [0.05, 0.1) is 53.3 Å². The van der Waals surface area contributed by atoms with E-state index in [9.17, 15) is 27.5 Å². The zero-order valence-electron chi connectivity index (χ0n) is 27.3. The number of nitrogens with zero attached hydrogens (tertiary/aromatic N) is 7. The molecule has 5 aromatic rings. The molecule has 3 aromatic heterocycles. The van der Waals surface area contributed by atoms with Gasteiger partial charge in [-0.25, -0.2) is 28.9 Å². The smallest absolute Gasteiger partial charge is 0.478 e. The van der Waals surface area contributed by atoms with Gasteiger partial charge in [-0.15, -0.1) is 0 Å². The number of pyridine rings is 1. The number of imidazole rings is 2. The lowest BCUT2D eigenvalue weighted by atomic mass is 9.90. The number of aromatic carboxylic acids is 1. The van der Waals surface area contributed by atoms with Crippen molar-refractivity contribution >= 4 is 23.0 Å². The number of carboxylic acid groups (broad SMARTS) is 2. The number of halogens is 4. The lowest BCUT2D eigenvalue weighted by molar-refractivity contribution is -0.192. The SMILES string of the molecule is CCn1cncc1Cn1c(CN2CCC(c3cccnc3OCc3ccc(C#N)cc3F)CC2)nc2ccc(C(=O)O)cc21.O=C(O)C(F)(F)F. The van der Waals surface area contributed by atoms with Crippen LogP contribution >= 0.6 is 0 Å². The van der Waals surface area contributed by atoms with Crippen molar-refractivity contribution in [1.82, 2.24) is 29.0 Å². The summed E-state index contributed by atoms with van der Waals surface area (Å²) in [6.45, 7) is 5.70. The van der Waals surface area contributed by atoms with Crippen LogP contribution in [0, 0.1) is 17.1 Å². The third kappa shape index (κ3) is 8.86. The van der Waals surface area contributed by atoms with Crippen LogP contribution in [0.25, 0.3) is 11.0 Å². The molecule has 2 N–H and O–H groups in total. The van der Waals surface area contributed by atoms with Gasteiger partial charge in [-0.3, -0.25) is 4.90 Å². The van der Waals surface area contributed by atoms with E-state index in [2.05, 4.69) is 30.9 Å². The second-order valence-corrected chi connectivity index (χ2v) is 11.8. The Labute approximate surface area is 289 Å². The van der Waals surface area contributed by atoms with Crippen LogP contribution in [0.15, 0.2) is 67.3 Å². The van der Waals surface area contributed by atoms with E-state index < -0.39 is 23.9 Å². The molecule has 0 spiro atoms. The van der Waals surface area contributed by atoms with Gasteiger partial charge in [-0.2, -0.15) is 18.4 Å². The number of aryl methyl sites for hydroxylation is 1. The fraction of sp³-hybridized carbons (Fsp3) is 0.314. The summed E-state index contributed by atoms with van der Waals surface area (Å²) in [7, 11) is 0. The molecule has 0 unspecified atom stereocenters. The highest BCUT2D eigenvalue weighted by atomic mass is 19.4. The maximum absolute atomic E-state index is 14.4. The Bertz CT molecular complexity index is 2060. The molecule has 2 aromatic carbocycles. The van der Waals surface area contributed by atoms with Crippen LogP contribution in [0.5, 0.6) is 5.88 Å². The van der Waals surface area contributed by atoms with Crippen molar-refractivity contribution in [3.05, 3.63) is 107 Å². The van der Waals surface area contributed by atoms with Crippen molar-refractivity contribution in [2.45, 2.75) is 58.1 Å². The summed E-state index contributed by atoms with van der Waals surface area (Å²) in [5.74, 6) is -2.59. The minimum absolute atomic E-state index is 0.0249. The first-order chi connectivity index (χ1) is 24.4. The number of rotatable bonds is 10. The molecule has 0 radical (unpaired) electrons. The Morgan fingerprint density at radius 1 is 1.08 bits per heavy atom. The van der Waals surface area contributed by atoms with E-state index in [0.717, 1.165) is 60.6 Å². The summed E-state index contributed by atoms with van der Waals surface area (Å²) in [6.07, 6.45) is 2.01. The van der Waals surface area contributed by atoms with E-state index in [1.54, 1.807) is 42.9 Å². The third-order valence-electron chi connectivity index (χ3n) is 8.52. The van der Waals surface area contributed by atoms with Crippen LogP contribution in [0.2, 0.25) is 0 Å². The Morgan fingerprint density at radius 2 is 1.82 bits per heavy atom. The molecule has 0 atom stereocenters. The number of nitriles is 1. The Kier molecular flexibility index (Phi) is 11.3. The molecule has 0 aliphatic carbocycles. The highest BCUT2D eigenvalue weighted by Gasteiger charge is 2.38. The Balaban J connectivity index is 0.000000654. The summed E-state index contributed by atoms with van der Waals surface area (Å²) in [6, 6.07) is 15.3. The van der Waals surface area contributed by atoms with Crippen LogP contribution < -0.4 is 4.74 Å². The highest BCUT2D eigenvalue weighted by molar-refractivity contribution is 5.92. The van der Waals surface area contributed by atoms with Gasteiger partial charge < -0.3 is 24.1 Å². The number of hydrogen-bond donors (Lipinski definition) is 2. The highest BCUT2D eigenvalue weighted by Crippen LogP contribution is 2.34. The number of aromatic nitrogens is 5. The average Bonchev–Trinajstić information content (AvgIpc) is 3.71. The Morgan fingerprint density at radius 3 is 2.47 bits per heavy atom. The summed E-state index contributed by atoms with van der Waals surface area (Å²) in [5.41, 5.74) is 4.44. The molecule has 1 aliphatic heterocycles. The number of hydrogen-bond acceptors (Lipinski definition) is 8. The van der Waals surface area contributed by atoms with Crippen LogP contribution in [0.4, 0.5) is 17.6 Å². The van der Waals surface area contributed by atoms with Crippen LogP contribution in [0.1, 0.15) is 64.2 Å². The van der Waals surface area contributed by atoms with E-state index in [0.29, 0.717) is 24.5 Å². The summed E-state index contributed by atoms with van der Waals surface area (Å²) in [5, 5.41) is 25.7. The van der Waals surface area contributed by atoms with Crippen molar-refractivity contribution < 1.29 is 42.1 Å². The molecule has 51 heavy (non-hydrogen) atoms. The van der Waals surface area contributed by atoms with Crippen molar-refractivity contribution in [2.24, 2.45) is 0 Å². The second kappa shape index (κ2) is 15.8. The van der Waals surface area contributed by atoms with Crippen molar-refractivity contribution in [3.8, 4) is 11.9 Å². The predicted molar refractivity (Wildman–Crippen MR) is 174 cm³/mol. The zero-order valence-corrected chi connectivity index (χ0v) is 27.3. The van der Waals surface area contributed by atoms with Gasteiger partial charge in [-0.1, -0.05) is 12.1 Å². The van der Waals surface area contributed by atoms with E-state index in [1.807, 2.05) is 24.4 Å². The maximum atomic E-state index is 14.4. The number of alkyl halides is 3. The minimum Gasteiger partial charge on any atom is -0.478 e. The number of piperidine rings is 1. The molecular weight excluding hydrogens is 674 g/mol. The minimum atomic E-state index is -5.08. The number of ether oxygens (including phenoxy) is 1. The van der Waals surface area contributed by atoms with Gasteiger partial charge in [0.25, 0.3) is 0 Å². The number of benzene rings is 2. The van der Waals surface area contributed by atoms with Crippen LogP contribution in [-0.2, 0) is 31.0 Å². The molecule has 266 valence electrons. The predicted octanol–water partition coefficient (Wildman–Crippen LogP) is 6.00. The molecular formula is C35H33F4N7O5. The summed E-state index contributed by atoms with van der Waals surface area (Å²) in [4.78, 5) is 36.7. The topological polar surface area (TPSA) is 159 Å². The number of fused-ring (bicyclic) bond motifs is 1. The third-order valence-corrected chi connectivity index (χ3v) is 8.52.